The number of carbonyl (C=O) groups excluding carboxylic acids is 1. The molecule has 0 spiro atoms. The fraction of sp³-hybridized carbons (Fsp3) is 0.381. The Balaban J connectivity index is 1.60. The minimum atomic E-state index is -3.72. The van der Waals surface area contributed by atoms with Crippen LogP contribution in [0.15, 0.2) is 47.4 Å². The number of carbonyl (C=O) groups is 1. The molecule has 0 aliphatic carbocycles. The second-order valence-corrected chi connectivity index (χ2v) is 10.2. The number of benzene rings is 2. The molecule has 1 N–H and O–H groups in total. The SMILES string of the molecule is COc1ccc(S(=O)(=O)NCCSCc2ccc(Cl)cc2)cc1C(=O)N1CCCC1. The number of thioether (sulfide) groups is 1. The summed E-state index contributed by atoms with van der Waals surface area (Å²) in [5.41, 5.74) is 1.41. The van der Waals surface area contributed by atoms with Crippen LogP contribution in [0.2, 0.25) is 5.02 Å². The fourth-order valence-corrected chi connectivity index (χ4v) is 5.35. The third-order valence-electron chi connectivity index (χ3n) is 4.83. The summed E-state index contributed by atoms with van der Waals surface area (Å²) in [5, 5.41) is 0.693. The Bertz CT molecular complexity index is 975. The molecule has 1 heterocycles. The lowest BCUT2D eigenvalue weighted by Crippen LogP contribution is -2.29. The van der Waals surface area contributed by atoms with Crippen LogP contribution in [0.25, 0.3) is 0 Å². The van der Waals surface area contributed by atoms with Crippen molar-refractivity contribution >= 4 is 39.3 Å². The Hall–Kier alpha value is -1.74. The predicted molar refractivity (Wildman–Crippen MR) is 121 cm³/mol. The normalized spacial score (nSPS) is 14.1. The summed E-state index contributed by atoms with van der Waals surface area (Å²) in [6.07, 6.45) is 1.92. The van der Waals surface area contributed by atoms with Crippen LogP contribution in [0.5, 0.6) is 5.75 Å². The molecule has 0 aromatic heterocycles. The van der Waals surface area contributed by atoms with Gasteiger partial charge in [0.25, 0.3) is 5.91 Å². The highest BCUT2D eigenvalue weighted by atomic mass is 35.5. The van der Waals surface area contributed by atoms with Gasteiger partial charge in [0.2, 0.25) is 10.0 Å². The van der Waals surface area contributed by atoms with Gasteiger partial charge in [-0.15, -0.1) is 0 Å². The molecule has 2 aromatic carbocycles. The van der Waals surface area contributed by atoms with Crippen LogP contribution < -0.4 is 9.46 Å². The third-order valence-corrected chi connectivity index (χ3v) is 7.57. The molecule has 2 aromatic rings. The second-order valence-electron chi connectivity index (χ2n) is 6.94. The largest absolute Gasteiger partial charge is 0.496 e. The smallest absolute Gasteiger partial charge is 0.257 e. The van der Waals surface area contributed by atoms with Crippen LogP contribution in [0.1, 0.15) is 28.8 Å². The van der Waals surface area contributed by atoms with E-state index in [0.717, 1.165) is 24.2 Å². The van der Waals surface area contributed by atoms with Crippen molar-refractivity contribution in [2.45, 2.75) is 23.5 Å². The highest BCUT2D eigenvalue weighted by molar-refractivity contribution is 7.98. The van der Waals surface area contributed by atoms with Gasteiger partial charge in [-0.1, -0.05) is 23.7 Å². The van der Waals surface area contributed by atoms with Crippen LogP contribution in [-0.4, -0.2) is 51.7 Å². The van der Waals surface area contributed by atoms with Gasteiger partial charge in [-0.2, -0.15) is 11.8 Å². The quantitative estimate of drug-likeness (QED) is 0.566. The number of hydrogen-bond donors (Lipinski definition) is 1. The number of halogens is 1. The van der Waals surface area contributed by atoms with Crippen molar-refractivity contribution in [1.29, 1.82) is 0 Å². The van der Waals surface area contributed by atoms with E-state index < -0.39 is 10.0 Å². The van der Waals surface area contributed by atoms with E-state index in [1.54, 1.807) is 16.7 Å². The minimum Gasteiger partial charge on any atom is -0.496 e. The highest BCUT2D eigenvalue weighted by Gasteiger charge is 2.25. The molecule has 0 saturated carbocycles. The summed E-state index contributed by atoms with van der Waals surface area (Å²) in [6.45, 7) is 1.66. The van der Waals surface area contributed by atoms with Gasteiger partial charge in [-0.25, -0.2) is 13.1 Å². The predicted octanol–water partition coefficient (Wildman–Crippen LogP) is 3.80. The molecule has 9 heteroatoms. The molecule has 1 saturated heterocycles. The molecule has 1 aliphatic heterocycles. The van der Waals surface area contributed by atoms with E-state index in [0.29, 0.717) is 36.2 Å². The van der Waals surface area contributed by atoms with E-state index in [1.807, 2.05) is 24.3 Å². The lowest BCUT2D eigenvalue weighted by atomic mass is 10.1. The van der Waals surface area contributed by atoms with Gasteiger partial charge >= 0.3 is 0 Å². The van der Waals surface area contributed by atoms with Crippen molar-refractivity contribution in [1.82, 2.24) is 9.62 Å². The van der Waals surface area contributed by atoms with Crippen LogP contribution in [0.4, 0.5) is 0 Å². The van der Waals surface area contributed by atoms with Gasteiger partial charge in [0.1, 0.15) is 5.75 Å². The molecular weight excluding hydrogens is 444 g/mol. The molecule has 6 nitrogen and oxygen atoms in total. The van der Waals surface area contributed by atoms with E-state index in [4.69, 9.17) is 16.3 Å². The number of likely N-dealkylation sites (tertiary alicyclic amines) is 1. The molecular formula is C21H25ClN2O4S2. The Morgan fingerprint density at radius 2 is 1.87 bits per heavy atom. The Morgan fingerprint density at radius 3 is 2.53 bits per heavy atom. The summed E-state index contributed by atoms with van der Waals surface area (Å²) < 4.78 is 33.3. The number of methoxy groups -OCH3 is 1. The molecule has 0 unspecified atom stereocenters. The van der Waals surface area contributed by atoms with E-state index in [9.17, 15) is 13.2 Å². The van der Waals surface area contributed by atoms with E-state index >= 15 is 0 Å². The summed E-state index contributed by atoms with van der Waals surface area (Å²) in [7, 11) is -2.25. The number of nitrogens with one attached hydrogen (secondary N) is 1. The lowest BCUT2D eigenvalue weighted by molar-refractivity contribution is 0.0789. The first-order chi connectivity index (χ1) is 14.4. The molecule has 0 radical (unpaired) electrons. The maximum absolute atomic E-state index is 12.8. The van der Waals surface area contributed by atoms with Crippen molar-refractivity contribution < 1.29 is 17.9 Å². The number of hydrogen-bond acceptors (Lipinski definition) is 5. The van der Waals surface area contributed by atoms with E-state index in [1.165, 1.54) is 25.3 Å². The molecule has 0 bridgehead atoms. The second kappa shape index (κ2) is 10.5. The maximum Gasteiger partial charge on any atom is 0.257 e. The molecule has 0 atom stereocenters. The van der Waals surface area contributed by atoms with Crippen molar-refractivity contribution in [3.63, 3.8) is 0 Å². The Kier molecular flexibility index (Phi) is 8.05. The lowest BCUT2D eigenvalue weighted by Gasteiger charge is -2.18. The number of rotatable bonds is 9. The molecule has 1 fully saturated rings. The van der Waals surface area contributed by atoms with Crippen molar-refractivity contribution in [2.24, 2.45) is 0 Å². The monoisotopic (exact) mass is 468 g/mol. The van der Waals surface area contributed by atoms with Crippen LogP contribution in [0.3, 0.4) is 0 Å². The first-order valence-electron chi connectivity index (χ1n) is 9.70. The Morgan fingerprint density at radius 1 is 1.17 bits per heavy atom. The number of sulfonamides is 1. The van der Waals surface area contributed by atoms with E-state index in [2.05, 4.69) is 4.72 Å². The van der Waals surface area contributed by atoms with Crippen LogP contribution >= 0.6 is 23.4 Å². The zero-order valence-corrected chi connectivity index (χ0v) is 19.2. The van der Waals surface area contributed by atoms with Gasteiger partial charge in [0, 0.05) is 36.2 Å². The fourth-order valence-electron chi connectivity index (χ4n) is 3.21. The summed E-state index contributed by atoms with van der Waals surface area (Å²) in [4.78, 5) is 14.6. The van der Waals surface area contributed by atoms with Crippen molar-refractivity contribution in [3.8, 4) is 5.75 Å². The first-order valence-corrected chi connectivity index (χ1v) is 12.7. The standard InChI is InChI=1S/C21H25ClN2O4S2/c1-28-20-9-8-18(14-19(20)21(25)24-11-2-3-12-24)30(26,27)23-10-13-29-15-16-4-6-17(22)7-5-16/h4-9,14,23H,2-3,10-13,15H2,1H3. The zero-order chi connectivity index (χ0) is 21.6. The Labute approximate surface area is 187 Å². The summed E-state index contributed by atoms with van der Waals surface area (Å²) in [5.74, 6) is 1.58. The molecule has 1 amide bonds. The van der Waals surface area contributed by atoms with Gasteiger partial charge in [0.15, 0.2) is 0 Å². The van der Waals surface area contributed by atoms with Crippen molar-refractivity contribution in [3.05, 3.63) is 58.6 Å². The van der Waals surface area contributed by atoms with Crippen molar-refractivity contribution in [2.75, 3.05) is 32.5 Å². The number of amides is 1. The summed E-state index contributed by atoms with van der Waals surface area (Å²) >= 11 is 7.50. The summed E-state index contributed by atoms with van der Waals surface area (Å²) in [6, 6.07) is 12.0. The molecule has 30 heavy (non-hydrogen) atoms. The maximum atomic E-state index is 12.8. The topological polar surface area (TPSA) is 75.7 Å². The van der Waals surface area contributed by atoms with Gasteiger partial charge in [-0.3, -0.25) is 4.79 Å². The van der Waals surface area contributed by atoms with Gasteiger partial charge in [-0.05, 0) is 48.7 Å². The van der Waals surface area contributed by atoms with Crippen LogP contribution in [0, 0.1) is 0 Å². The van der Waals surface area contributed by atoms with Gasteiger partial charge < -0.3 is 9.64 Å². The minimum absolute atomic E-state index is 0.0635. The zero-order valence-electron chi connectivity index (χ0n) is 16.8. The average molecular weight is 469 g/mol. The molecule has 1 aliphatic rings. The average Bonchev–Trinajstić information content (AvgIpc) is 3.28. The third kappa shape index (κ3) is 5.91. The molecule has 162 valence electrons. The highest BCUT2D eigenvalue weighted by Crippen LogP contribution is 2.25. The van der Waals surface area contributed by atoms with Crippen LogP contribution in [-0.2, 0) is 15.8 Å². The number of ether oxygens (including phenoxy) is 1. The first kappa shape index (κ1) is 22.9. The van der Waals surface area contributed by atoms with Gasteiger partial charge in [0.05, 0.1) is 17.6 Å². The van der Waals surface area contributed by atoms with E-state index in [-0.39, 0.29) is 16.4 Å². The number of nitrogens with zero attached hydrogens (tertiary/aromatic N) is 1. The molecule has 3 rings (SSSR count).